The molecule has 0 N–H and O–H groups in total. The number of benzene rings is 2. The lowest BCUT2D eigenvalue weighted by Gasteiger charge is -2.13. The summed E-state index contributed by atoms with van der Waals surface area (Å²) in [6.45, 7) is 0. The van der Waals surface area contributed by atoms with Gasteiger partial charge in [-0.15, -0.1) is 0 Å². The lowest BCUT2D eigenvalue weighted by Crippen LogP contribution is -1.90. The van der Waals surface area contributed by atoms with Crippen LogP contribution < -0.4 is 4.74 Å². The van der Waals surface area contributed by atoms with Crippen molar-refractivity contribution < 1.29 is 4.74 Å². The van der Waals surface area contributed by atoms with Crippen molar-refractivity contribution in [3.05, 3.63) is 46.6 Å². The summed E-state index contributed by atoms with van der Waals surface area (Å²) in [7, 11) is 1.67. The summed E-state index contributed by atoms with van der Waals surface area (Å²) in [4.78, 5) is 0. The number of hydrogen-bond acceptors (Lipinski definition) is 1. The molecule has 1 nitrogen and oxygen atoms in total. The molecule has 0 aliphatic carbocycles. The first kappa shape index (κ1) is 16.0. The molecule has 0 aliphatic rings. The highest BCUT2D eigenvalue weighted by molar-refractivity contribution is 9.13. The van der Waals surface area contributed by atoms with E-state index in [1.807, 2.05) is 24.3 Å². The van der Waals surface area contributed by atoms with Crippen LogP contribution in [-0.4, -0.2) is 7.11 Å². The lowest BCUT2D eigenvalue weighted by molar-refractivity contribution is 0.416. The normalized spacial score (nSPS) is 10.6. The van der Waals surface area contributed by atoms with Gasteiger partial charge in [-0.25, -0.2) is 0 Å². The molecule has 100 valence electrons. The fourth-order valence-electron chi connectivity index (χ4n) is 1.64. The number of rotatable bonds is 2. The van der Waals surface area contributed by atoms with Crippen molar-refractivity contribution in [3.63, 3.8) is 0 Å². The standard InChI is InChI=1S/C13H7Br5O/c1-19-13-5-12(18)10(16)3-7(13)6-2-9(15)11(17)4-8(6)14/h2-5H,1H3. The van der Waals surface area contributed by atoms with Gasteiger partial charge in [0.1, 0.15) is 5.75 Å². The van der Waals surface area contributed by atoms with E-state index in [1.165, 1.54) is 0 Å². The second kappa shape index (κ2) is 6.60. The van der Waals surface area contributed by atoms with Crippen LogP contribution in [0.15, 0.2) is 46.6 Å². The van der Waals surface area contributed by atoms with Gasteiger partial charge in [0.15, 0.2) is 0 Å². The smallest absolute Gasteiger partial charge is 0.127 e. The first-order chi connectivity index (χ1) is 8.93. The Hall–Kier alpha value is 0.640. The van der Waals surface area contributed by atoms with Crippen molar-refractivity contribution in [3.8, 4) is 16.9 Å². The summed E-state index contributed by atoms with van der Waals surface area (Å²) < 4.78 is 10.4. The quantitative estimate of drug-likeness (QED) is 0.343. The maximum Gasteiger partial charge on any atom is 0.127 e. The molecule has 2 aromatic carbocycles. The van der Waals surface area contributed by atoms with Crippen molar-refractivity contribution >= 4 is 79.6 Å². The van der Waals surface area contributed by atoms with Gasteiger partial charge in [-0.1, -0.05) is 15.9 Å². The van der Waals surface area contributed by atoms with E-state index in [2.05, 4.69) is 79.6 Å². The van der Waals surface area contributed by atoms with E-state index in [9.17, 15) is 0 Å². The van der Waals surface area contributed by atoms with Crippen LogP contribution in [0.3, 0.4) is 0 Å². The number of halogens is 5. The molecule has 6 heteroatoms. The van der Waals surface area contributed by atoms with E-state index in [0.717, 1.165) is 39.2 Å². The molecule has 0 aliphatic heterocycles. The highest BCUT2D eigenvalue weighted by Gasteiger charge is 2.14. The molecule has 19 heavy (non-hydrogen) atoms. The largest absolute Gasteiger partial charge is 0.496 e. The maximum atomic E-state index is 5.46. The van der Waals surface area contributed by atoms with Crippen LogP contribution in [-0.2, 0) is 0 Å². The summed E-state index contributed by atoms with van der Waals surface area (Å²) in [5.74, 6) is 0.810. The summed E-state index contributed by atoms with van der Waals surface area (Å²) in [5, 5.41) is 0. The first-order valence-corrected chi connectivity index (χ1v) is 9.08. The number of methoxy groups -OCH3 is 1. The zero-order valence-electron chi connectivity index (χ0n) is 9.61. The monoisotopic (exact) mass is 574 g/mol. The second-order valence-electron chi connectivity index (χ2n) is 3.71. The molecule has 0 fully saturated rings. The summed E-state index contributed by atoms with van der Waals surface area (Å²) in [6, 6.07) is 8.03. The van der Waals surface area contributed by atoms with Gasteiger partial charge in [0.05, 0.1) is 7.11 Å². The Morgan fingerprint density at radius 2 is 1.11 bits per heavy atom. The highest BCUT2D eigenvalue weighted by atomic mass is 79.9. The molecule has 0 spiro atoms. The molecule has 0 bridgehead atoms. The van der Waals surface area contributed by atoms with Gasteiger partial charge in [0.25, 0.3) is 0 Å². The van der Waals surface area contributed by atoms with E-state index < -0.39 is 0 Å². The molecule has 0 radical (unpaired) electrons. The third-order valence-electron chi connectivity index (χ3n) is 2.54. The topological polar surface area (TPSA) is 9.23 Å². The molecular formula is C13H7Br5O. The Balaban J connectivity index is 2.71. The Kier molecular flexibility index (Phi) is 5.57. The molecule has 0 heterocycles. The van der Waals surface area contributed by atoms with Gasteiger partial charge in [0.2, 0.25) is 0 Å². The molecule has 0 atom stereocenters. The van der Waals surface area contributed by atoms with E-state index in [4.69, 9.17) is 4.74 Å². The van der Waals surface area contributed by atoms with Crippen molar-refractivity contribution in [2.45, 2.75) is 0 Å². The van der Waals surface area contributed by atoms with Gasteiger partial charge in [-0.05, 0) is 88.0 Å². The summed E-state index contributed by atoms with van der Waals surface area (Å²) in [5.41, 5.74) is 2.07. The fourth-order valence-corrected chi connectivity index (χ4v) is 3.85. The SMILES string of the molecule is COc1cc(Br)c(Br)cc1-c1cc(Br)c(Br)cc1Br. The van der Waals surface area contributed by atoms with Gasteiger partial charge in [0, 0.05) is 33.5 Å². The van der Waals surface area contributed by atoms with Crippen molar-refractivity contribution in [1.29, 1.82) is 0 Å². The van der Waals surface area contributed by atoms with Gasteiger partial charge >= 0.3 is 0 Å². The zero-order chi connectivity index (χ0) is 14.2. The molecule has 2 aromatic rings. The van der Waals surface area contributed by atoms with E-state index >= 15 is 0 Å². The summed E-state index contributed by atoms with van der Waals surface area (Å²) >= 11 is 17.6. The highest BCUT2D eigenvalue weighted by Crippen LogP contribution is 2.42. The Morgan fingerprint density at radius 1 is 0.632 bits per heavy atom. The third kappa shape index (κ3) is 3.46. The molecule has 0 aromatic heterocycles. The van der Waals surface area contributed by atoms with E-state index in [-0.39, 0.29) is 0 Å². The van der Waals surface area contributed by atoms with Gasteiger partial charge in [-0.2, -0.15) is 0 Å². The van der Waals surface area contributed by atoms with Crippen LogP contribution in [0.2, 0.25) is 0 Å². The number of hydrogen-bond donors (Lipinski definition) is 0. The third-order valence-corrected chi connectivity index (χ3v) is 6.89. The van der Waals surface area contributed by atoms with Crippen LogP contribution in [0.25, 0.3) is 11.1 Å². The predicted molar refractivity (Wildman–Crippen MR) is 96.9 cm³/mol. The van der Waals surface area contributed by atoms with Crippen LogP contribution >= 0.6 is 79.6 Å². The molecule has 0 amide bonds. The average Bonchev–Trinajstić information content (AvgIpc) is 2.36. The first-order valence-electron chi connectivity index (χ1n) is 5.12. The Bertz CT molecular complexity index is 639. The van der Waals surface area contributed by atoms with Gasteiger partial charge < -0.3 is 4.74 Å². The van der Waals surface area contributed by atoms with Crippen molar-refractivity contribution in [1.82, 2.24) is 0 Å². The maximum absolute atomic E-state index is 5.46. The second-order valence-corrected chi connectivity index (χ2v) is 7.98. The van der Waals surface area contributed by atoms with E-state index in [0.29, 0.717) is 0 Å². The Morgan fingerprint density at radius 3 is 1.68 bits per heavy atom. The summed E-state index contributed by atoms with van der Waals surface area (Å²) in [6.07, 6.45) is 0. The molecule has 0 saturated heterocycles. The fraction of sp³-hybridized carbons (Fsp3) is 0.0769. The van der Waals surface area contributed by atoms with Crippen molar-refractivity contribution in [2.75, 3.05) is 7.11 Å². The number of ether oxygens (including phenoxy) is 1. The minimum absolute atomic E-state index is 0.810. The minimum atomic E-state index is 0.810. The van der Waals surface area contributed by atoms with Crippen LogP contribution in [0.5, 0.6) is 5.75 Å². The van der Waals surface area contributed by atoms with Crippen LogP contribution in [0, 0.1) is 0 Å². The van der Waals surface area contributed by atoms with Crippen LogP contribution in [0.4, 0.5) is 0 Å². The molecule has 0 unspecified atom stereocenters. The average molecular weight is 579 g/mol. The minimum Gasteiger partial charge on any atom is -0.496 e. The van der Waals surface area contributed by atoms with Crippen molar-refractivity contribution in [2.24, 2.45) is 0 Å². The zero-order valence-corrected chi connectivity index (χ0v) is 17.5. The van der Waals surface area contributed by atoms with Crippen LogP contribution in [0.1, 0.15) is 0 Å². The molecular weight excluding hydrogens is 572 g/mol. The lowest BCUT2D eigenvalue weighted by atomic mass is 10.0. The molecule has 2 rings (SSSR count). The van der Waals surface area contributed by atoms with E-state index in [1.54, 1.807) is 7.11 Å². The Labute approximate surface area is 153 Å². The molecule has 0 saturated carbocycles. The van der Waals surface area contributed by atoms with Gasteiger partial charge in [-0.3, -0.25) is 0 Å². The predicted octanol–water partition coefficient (Wildman–Crippen LogP) is 7.17.